The van der Waals surface area contributed by atoms with Crippen LogP contribution in [0.25, 0.3) is 0 Å². The molecule has 5 heteroatoms. The van der Waals surface area contributed by atoms with Crippen LogP contribution in [0.1, 0.15) is 48.9 Å². The first-order chi connectivity index (χ1) is 13.0. The number of nitrogens with zero attached hydrogens (tertiary/aromatic N) is 2. The van der Waals surface area contributed by atoms with E-state index in [1.54, 1.807) is 0 Å². The molecular weight excluding hydrogens is 404 g/mol. The van der Waals surface area contributed by atoms with Crippen molar-refractivity contribution in [3.8, 4) is 0 Å². The van der Waals surface area contributed by atoms with Gasteiger partial charge in [-0.3, -0.25) is 9.59 Å². The van der Waals surface area contributed by atoms with Gasteiger partial charge in [0.2, 0.25) is 5.91 Å². The highest BCUT2D eigenvalue weighted by atomic mass is 79.9. The van der Waals surface area contributed by atoms with Crippen LogP contribution in [0.2, 0.25) is 0 Å². The summed E-state index contributed by atoms with van der Waals surface area (Å²) in [6, 6.07) is 7.55. The molecule has 1 heterocycles. The maximum atomic E-state index is 13.5. The fourth-order valence-electron chi connectivity index (χ4n) is 6.62. The van der Waals surface area contributed by atoms with Crippen LogP contribution in [-0.2, 0) is 4.79 Å². The third-order valence-electron chi connectivity index (χ3n) is 7.42. The molecule has 0 radical (unpaired) electrons. The van der Waals surface area contributed by atoms with Crippen molar-refractivity contribution < 1.29 is 9.59 Å². The Kier molecular flexibility index (Phi) is 4.34. The fourth-order valence-corrected chi connectivity index (χ4v) is 7.02. The summed E-state index contributed by atoms with van der Waals surface area (Å²) < 4.78 is 0.920. The molecule has 0 N–H and O–H groups in total. The molecule has 6 rings (SSSR count). The van der Waals surface area contributed by atoms with Crippen LogP contribution in [-0.4, -0.2) is 47.8 Å². The van der Waals surface area contributed by atoms with Gasteiger partial charge in [-0.05, 0) is 74.5 Å². The van der Waals surface area contributed by atoms with Gasteiger partial charge in [-0.2, -0.15) is 0 Å². The lowest BCUT2D eigenvalue weighted by atomic mass is 9.49. The number of rotatable bonds is 2. The van der Waals surface area contributed by atoms with Crippen molar-refractivity contribution in [1.82, 2.24) is 9.80 Å². The minimum Gasteiger partial charge on any atom is -0.339 e. The third-order valence-corrected chi connectivity index (χ3v) is 7.91. The summed E-state index contributed by atoms with van der Waals surface area (Å²) in [4.78, 5) is 30.2. The number of hydrogen-bond donors (Lipinski definition) is 0. The molecule has 1 aromatic carbocycles. The highest BCUT2D eigenvalue weighted by Crippen LogP contribution is 2.60. The summed E-state index contributed by atoms with van der Waals surface area (Å²) in [5.74, 6) is 2.84. The number of amides is 2. The molecule has 5 aliphatic rings. The zero-order valence-electron chi connectivity index (χ0n) is 15.7. The highest BCUT2D eigenvalue weighted by Gasteiger charge is 2.55. The van der Waals surface area contributed by atoms with Crippen LogP contribution in [0.3, 0.4) is 0 Å². The van der Waals surface area contributed by atoms with Crippen molar-refractivity contribution in [3.05, 3.63) is 34.3 Å². The van der Waals surface area contributed by atoms with E-state index < -0.39 is 0 Å². The van der Waals surface area contributed by atoms with E-state index in [1.807, 2.05) is 29.2 Å². The van der Waals surface area contributed by atoms with Gasteiger partial charge in [0.25, 0.3) is 5.91 Å². The van der Waals surface area contributed by atoms with Crippen molar-refractivity contribution in [1.29, 1.82) is 0 Å². The van der Waals surface area contributed by atoms with Gasteiger partial charge in [-0.1, -0.05) is 22.0 Å². The number of benzene rings is 1. The van der Waals surface area contributed by atoms with Gasteiger partial charge in [-0.15, -0.1) is 0 Å². The average molecular weight is 431 g/mol. The molecule has 27 heavy (non-hydrogen) atoms. The molecular formula is C22H27BrN2O2. The summed E-state index contributed by atoms with van der Waals surface area (Å²) in [5, 5.41) is 0. The average Bonchev–Trinajstić information content (AvgIpc) is 2.66. The predicted octanol–water partition coefficient (Wildman–Crippen LogP) is 3.95. The van der Waals surface area contributed by atoms with Crippen molar-refractivity contribution in [2.24, 2.45) is 23.2 Å². The van der Waals surface area contributed by atoms with E-state index in [0.29, 0.717) is 37.6 Å². The topological polar surface area (TPSA) is 40.6 Å². The third kappa shape index (κ3) is 3.12. The van der Waals surface area contributed by atoms with E-state index in [-0.39, 0.29) is 11.3 Å². The van der Waals surface area contributed by atoms with Gasteiger partial charge < -0.3 is 9.80 Å². The molecule has 0 atom stereocenters. The number of carbonyl (C=O) groups is 2. The van der Waals surface area contributed by atoms with Crippen LogP contribution >= 0.6 is 15.9 Å². The highest BCUT2D eigenvalue weighted by molar-refractivity contribution is 9.10. The van der Waals surface area contributed by atoms with Crippen LogP contribution < -0.4 is 0 Å². The normalized spacial score (nSPS) is 34.8. The van der Waals surface area contributed by atoms with E-state index in [9.17, 15) is 9.59 Å². The number of carbonyl (C=O) groups excluding carboxylic acids is 2. The minimum absolute atomic E-state index is 0.0643. The molecule has 4 nitrogen and oxygen atoms in total. The lowest BCUT2D eigenvalue weighted by Crippen LogP contribution is -2.58. The monoisotopic (exact) mass is 430 g/mol. The summed E-state index contributed by atoms with van der Waals surface area (Å²) in [7, 11) is 0. The van der Waals surface area contributed by atoms with E-state index in [0.717, 1.165) is 41.5 Å². The maximum Gasteiger partial charge on any atom is 0.254 e. The summed E-state index contributed by atoms with van der Waals surface area (Å²) in [5.41, 5.74) is 0.649. The van der Waals surface area contributed by atoms with Crippen molar-refractivity contribution in [3.63, 3.8) is 0 Å². The minimum atomic E-state index is -0.0643. The van der Waals surface area contributed by atoms with Crippen LogP contribution in [0.4, 0.5) is 0 Å². The van der Waals surface area contributed by atoms with Gasteiger partial charge >= 0.3 is 0 Å². The molecule has 144 valence electrons. The van der Waals surface area contributed by atoms with Crippen LogP contribution in [0, 0.1) is 23.2 Å². The molecule has 0 aromatic heterocycles. The molecule has 1 saturated heterocycles. The summed E-state index contributed by atoms with van der Waals surface area (Å²) in [6.45, 7) is 2.65. The molecule has 1 aliphatic heterocycles. The molecule has 4 aliphatic carbocycles. The molecule has 1 aromatic rings. The molecule has 4 saturated carbocycles. The Labute approximate surface area is 169 Å². The Morgan fingerprint density at radius 2 is 1.44 bits per heavy atom. The predicted molar refractivity (Wildman–Crippen MR) is 107 cm³/mol. The van der Waals surface area contributed by atoms with Gasteiger partial charge in [-0.25, -0.2) is 0 Å². The number of halogens is 1. The Balaban J connectivity index is 1.24. The molecule has 0 spiro atoms. The Hall–Kier alpha value is -1.36. The molecule has 4 bridgehead atoms. The smallest absolute Gasteiger partial charge is 0.254 e. The Bertz CT molecular complexity index is 734. The maximum absolute atomic E-state index is 13.5. The van der Waals surface area contributed by atoms with E-state index in [1.165, 1.54) is 19.3 Å². The first-order valence-electron chi connectivity index (χ1n) is 10.4. The molecule has 5 fully saturated rings. The van der Waals surface area contributed by atoms with Crippen molar-refractivity contribution >= 4 is 27.7 Å². The summed E-state index contributed by atoms with van der Waals surface area (Å²) in [6.07, 6.45) is 7.45. The lowest BCUT2D eigenvalue weighted by Gasteiger charge is -2.57. The van der Waals surface area contributed by atoms with Crippen LogP contribution in [0.15, 0.2) is 28.7 Å². The summed E-state index contributed by atoms with van der Waals surface area (Å²) >= 11 is 3.44. The zero-order chi connectivity index (χ0) is 18.6. The number of piperazine rings is 1. The second-order valence-corrected chi connectivity index (χ2v) is 10.2. The quantitative estimate of drug-likeness (QED) is 0.712. The van der Waals surface area contributed by atoms with Gasteiger partial charge in [0, 0.05) is 36.2 Å². The standard InChI is InChI=1S/C22H27BrN2O2/c23-19-3-1-2-18(11-19)20(26)24-4-6-25(7-5-24)21(27)22-12-15-8-16(13-22)10-17(9-15)14-22/h1-3,11,15-17H,4-10,12-14H2. The first-order valence-corrected chi connectivity index (χ1v) is 11.2. The van der Waals surface area contributed by atoms with Crippen molar-refractivity contribution in [2.45, 2.75) is 38.5 Å². The molecule has 2 amide bonds. The van der Waals surface area contributed by atoms with Gasteiger partial charge in [0.05, 0.1) is 5.41 Å². The Morgan fingerprint density at radius 3 is 2.00 bits per heavy atom. The van der Waals surface area contributed by atoms with Gasteiger partial charge in [0.15, 0.2) is 0 Å². The second-order valence-electron chi connectivity index (χ2n) is 9.29. The first kappa shape index (κ1) is 17.7. The largest absolute Gasteiger partial charge is 0.339 e. The zero-order valence-corrected chi connectivity index (χ0v) is 17.3. The van der Waals surface area contributed by atoms with Crippen molar-refractivity contribution in [2.75, 3.05) is 26.2 Å². The van der Waals surface area contributed by atoms with Crippen LogP contribution in [0.5, 0.6) is 0 Å². The van der Waals surface area contributed by atoms with Gasteiger partial charge in [0.1, 0.15) is 0 Å². The number of hydrogen-bond acceptors (Lipinski definition) is 2. The van der Waals surface area contributed by atoms with E-state index >= 15 is 0 Å². The fraction of sp³-hybridized carbons (Fsp3) is 0.636. The lowest BCUT2D eigenvalue weighted by molar-refractivity contribution is -0.159. The molecule has 0 unspecified atom stereocenters. The van der Waals surface area contributed by atoms with E-state index in [2.05, 4.69) is 20.8 Å². The SMILES string of the molecule is O=C(c1cccc(Br)c1)N1CCN(C(=O)C23CC4CC(CC(C4)C2)C3)CC1. The van der Waals surface area contributed by atoms with E-state index in [4.69, 9.17) is 0 Å². The Morgan fingerprint density at radius 1 is 0.889 bits per heavy atom. The second kappa shape index (κ2) is 6.61.